The molecule has 9 nitrogen and oxygen atoms in total. The van der Waals surface area contributed by atoms with Crippen molar-refractivity contribution < 1.29 is 32.2 Å². The van der Waals surface area contributed by atoms with E-state index in [2.05, 4.69) is 25.3 Å². The Balaban J connectivity index is 1.52. The zero-order valence-corrected chi connectivity index (χ0v) is 18.5. The van der Waals surface area contributed by atoms with Crippen LogP contribution in [0.5, 0.6) is 0 Å². The third-order valence-electron chi connectivity index (χ3n) is 5.37. The van der Waals surface area contributed by atoms with Gasteiger partial charge in [-0.1, -0.05) is 12.1 Å². The van der Waals surface area contributed by atoms with Crippen LogP contribution in [0.1, 0.15) is 31.3 Å². The summed E-state index contributed by atoms with van der Waals surface area (Å²) in [6.45, 7) is 3.25. The number of aliphatic hydroxyl groups is 1. The molecule has 2 N–H and O–H groups in total. The second-order valence-electron chi connectivity index (χ2n) is 7.85. The van der Waals surface area contributed by atoms with Gasteiger partial charge >= 0.3 is 12.3 Å². The smallest absolute Gasteiger partial charge is 0.419 e. The van der Waals surface area contributed by atoms with Crippen molar-refractivity contribution in [1.29, 1.82) is 0 Å². The van der Waals surface area contributed by atoms with Crippen molar-refractivity contribution in [1.82, 2.24) is 19.9 Å². The fourth-order valence-electron chi connectivity index (χ4n) is 3.54. The highest BCUT2D eigenvalue weighted by molar-refractivity contribution is 5.89. The number of amides is 1. The molecule has 3 heterocycles. The molecule has 3 atom stereocenters. The summed E-state index contributed by atoms with van der Waals surface area (Å²) in [6, 6.07) is 3.33. The Bertz CT molecular complexity index is 1220. The summed E-state index contributed by atoms with van der Waals surface area (Å²) in [5, 5.41) is 12.9. The van der Waals surface area contributed by atoms with E-state index in [1.165, 1.54) is 42.5 Å². The van der Waals surface area contributed by atoms with Crippen LogP contribution >= 0.6 is 0 Å². The fourth-order valence-corrected chi connectivity index (χ4v) is 3.54. The summed E-state index contributed by atoms with van der Waals surface area (Å²) in [5.41, 5.74) is -1.56. The van der Waals surface area contributed by atoms with Gasteiger partial charge in [0.15, 0.2) is 0 Å². The zero-order valence-electron chi connectivity index (χ0n) is 18.5. The molecule has 0 aliphatic carbocycles. The first kappa shape index (κ1) is 24.3. The monoisotopic (exact) mass is 492 g/mol. The van der Waals surface area contributed by atoms with Gasteiger partial charge in [0.1, 0.15) is 30.1 Å². The lowest BCUT2D eigenvalue weighted by Gasteiger charge is -2.23. The van der Waals surface area contributed by atoms with Crippen LogP contribution in [-0.4, -0.2) is 49.9 Å². The molecule has 1 saturated heterocycles. The van der Waals surface area contributed by atoms with E-state index in [1.54, 1.807) is 6.92 Å². The topological polar surface area (TPSA) is 113 Å². The van der Waals surface area contributed by atoms with Crippen molar-refractivity contribution in [3.05, 3.63) is 60.1 Å². The Morgan fingerprint density at radius 1 is 1.17 bits per heavy atom. The summed E-state index contributed by atoms with van der Waals surface area (Å²) in [7, 11) is 0. The van der Waals surface area contributed by atoms with Crippen molar-refractivity contribution in [3.63, 3.8) is 0 Å². The highest BCUT2D eigenvalue weighted by Gasteiger charge is 2.38. The Morgan fingerprint density at radius 3 is 2.54 bits per heavy atom. The lowest BCUT2D eigenvalue weighted by Crippen LogP contribution is -2.41. The van der Waals surface area contributed by atoms with Gasteiger partial charge < -0.3 is 15.2 Å². The van der Waals surface area contributed by atoms with E-state index < -0.39 is 41.8 Å². The molecular formula is C22H20F4N6O3. The predicted molar refractivity (Wildman–Crippen MR) is 116 cm³/mol. The maximum Gasteiger partial charge on any atom is 0.419 e. The largest absolute Gasteiger partial charge is 0.447 e. The number of benzene rings is 1. The Labute approximate surface area is 196 Å². The summed E-state index contributed by atoms with van der Waals surface area (Å²) in [6.07, 6.45) is -2.44. The van der Waals surface area contributed by atoms with Gasteiger partial charge in [-0.3, -0.25) is 4.90 Å². The number of aromatic nitrogens is 4. The van der Waals surface area contributed by atoms with E-state index in [-0.39, 0.29) is 35.3 Å². The molecule has 35 heavy (non-hydrogen) atoms. The van der Waals surface area contributed by atoms with Crippen molar-refractivity contribution in [2.45, 2.75) is 38.2 Å². The van der Waals surface area contributed by atoms with Crippen LogP contribution in [0.15, 0.2) is 42.9 Å². The van der Waals surface area contributed by atoms with Crippen LogP contribution in [0.25, 0.3) is 11.1 Å². The number of aliphatic hydroxyl groups excluding tert-OH is 1. The number of hydrogen-bond donors (Lipinski definition) is 2. The molecule has 1 amide bonds. The number of alkyl halides is 3. The second kappa shape index (κ2) is 9.41. The lowest BCUT2D eigenvalue weighted by atomic mass is 10.0. The molecule has 0 spiro atoms. The van der Waals surface area contributed by atoms with Crippen LogP contribution < -0.4 is 10.2 Å². The number of nitrogens with zero attached hydrogens (tertiary/aromatic N) is 5. The normalized spacial score (nSPS) is 17.7. The Hall–Kier alpha value is -3.87. The maximum atomic E-state index is 14.4. The summed E-state index contributed by atoms with van der Waals surface area (Å²) in [4.78, 5) is 30.0. The van der Waals surface area contributed by atoms with Gasteiger partial charge in [0, 0.05) is 29.7 Å². The number of rotatable bonds is 6. The number of halogens is 4. The number of carbonyl (C=O) groups is 1. The summed E-state index contributed by atoms with van der Waals surface area (Å²) in [5.74, 6) is -0.795. The second-order valence-corrected chi connectivity index (χ2v) is 7.85. The Morgan fingerprint density at radius 2 is 1.89 bits per heavy atom. The van der Waals surface area contributed by atoms with Crippen LogP contribution in [-0.2, 0) is 10.9 Å². The summed E-state index contributed by atoms with van der Waals surface area (Å²) < 4.78 is 58.4. The van der Waals surface area contributed by atoms with E-state index in [0.29, 0.717) is 6.07 Å². The van der Waals surface area contributed by atoms with Crippen LogP contribution in [0.3, 0.4) is 0 Å². The van der Waals surface area contributed by atoms with Crippen molar-refractivity contribution >= 4 is 17.9 Å². The minimum atomic E-state index is -4.82. The highest BCUT2D eigenvalue weighted by Crippen LogP contribution is 2.35. The van der Waals surface area contributed by atoms with Gasteiger partial charge in [-0.15, -0.1) is 0 Å². The van der Waals surface area contributed by atoms with Crippen molar-refractivity contribution in [2.24, 2.45) is 0 Å². The number of cyclic esters (lactones) is 1. The third kappa shape index (κ3) is 4.99. The van der Waals surface area contributed by atoms with Gasteiger partial charge in [0.05, 0.1) is 17.7 Å². The molecule has 0 bridgehead atoms. The van der Waals surface area contributed by atoms with Crippen molar-refractivity contribution in [3.8, 4) is 11.1 Å². The van der Waals surface area contributed by atoms with Crippen LogP contribution in [0.4, 0.5) is 34.1 Å². The standard InChI is InChI=1S/C22H20F4N6O3/c1-11(30-20-27-7-6-17(31-20)32-16(12(2)33)10-35-21(32)34)19-28-8-13(9-29-19)14-4-3-5-15(18(14)23)22(24,25)26/h3-9,11-12,16,33H,10H2,1-2H3,(H,27,30,31)/t11-,12-,16-/m1/s1. The molecule has 0 saturated carbocycles. The third-order valence-corrected chi connectivity index (χ3v) is 5.37. The van der Waals surface area contributed by atoms with Gasteiger partial charge in [0.25, 0.3) is 0 Å². The SMILES string of the molecule is C[C@@H](Nc1nccc(N2C(=O)OC[C@@H]2[C@@H](C)O)n1)c1ncc(-c2cccc(C(F)(F)F)c2F)cn1. The van der Waals surface area contributed by atoms with E-state index in [1.807, 2.05) is 0 Å². The zero-order chi connectivity index (χ0) is 25.3. The van der Waals surface area contributed by atoms with Crippen LogP contribution in [0.2, 0.25) is 0 Å². The molecular weight excluding hydrogens is 472 g/mol. The molecule has 184 valence electrons. The first-order valence-corrected chi connectivity index (χ1v) is 10.5. The molecule has 1 aliphatic rings. The number of carbonyl (C=O) groups excluding carboxylic acids is 1. The van der Waals surface area contributed by atoms with E-state index in [9.17, 15) is 27.5 Å². The molecule has 1 aromatic carbocycles. The number of hydrogen-bond acceptors (Lipinski definition) is 8. The molecule has 1 fully saturated rings. The lowest BCUT2D eigenvalue weighted by molar-refractivity contribution is -0.139. The minimum absolute atomic E-state index is 0.0202. The molecule has 13 heteroatoms. The first-order valence-electron chi connectivity index (χ1n) is 10.5. The highest BCUT2D eigenvalue weighted by atomic mass is 19.4. The quantitative estimate of drug-likeness (QED) is 0.497. The minimum Gasteiger partial charge on any atom is -0.447 e. The van der Waals surface area contributed by atoms with E-state index in [0.717, 1.165) is 6.07 Å². The molecule has 2 aromatic heterocycles. The fraction of sp³-hybridized carbons (Fsp3) is 0.318. The average Bonchev–Trinajstić information content (AvgIpc) is 3.20. The van der Waals surface area contributed by atoms with Gasteiger partial charge in [-0.2, -0.15) is 18.2 Å². The molecule has 0 unspecified atom stereocenters. The van der Waals surface area contributed by atoms with Crippen LogP contribution in [0, 0.1) is 5.82 Å². The van der Waals surface area contributed by atoms with E-state index >= 15 is 0 Å². The van der Waals surface area contributed by atoms with Gasteiger partial charge in [-0.05, 0) is 26.0 Å². The van der Waals surface area contributed by atoms with Gasteiger partial charge in [0.2, 0.25) is 5.95 Å². The maximum absolute atomic E-state index is 14.4. The molecule has 0 radical (unpaired) electrons. The van der Waals surface area contributed by atoms with Gasteiger partial charge in [-0.25, -0.2) is 24.1 Å². The summed E-state index contributed by atoms with van der Waals surface area (Å²) >= 11 is 0. The number of nitrogens with one attached hydrogen (secondary N) is 1. The molecule has 4 rings (SSSR count). The average molecular weight is 492 g/mol. The first-order chi connectivity index (χ1) is 16.6. The molecule has 3 aromatic rings. The van der Waals surface area contributed by atoms with E-state index in [4.69, 9.17) is 4.74 Å². The number of anilines is 2. The number of ether oxygens (including phenoxy) is 1. The van der Waals surface area contributed by atoms with Crippen molar-refractivity contribution in [2.75, 3.05) is 16.8 Å². The predicted octanol–water partition coefficient (Wildman–Crippen LogP) is 3.97. The molecule has 1 aliphatic heterocycles. The Kier molecular flexibility index (Phi) is 6.52.